The molecular weight excluding hydrogens is 467 g/mol. The van der Waals surface area contributed by atoms with Crippen molar-refractivity contribution in [3.05, 3.63) is 72.8 Å². The van der Waals surface area contributed by atoms with Gasteiger partial charge < -0.3 is 25.2 Å². The zero-order valence-electron chi connectivity index (χ0n) is 21.4. The van der Waals surface area contributed by atoms with Crippen molar-refractivity contribution in [3.63, 3.8) is 0 Å². The summed E-state index contributed by atoms with van der Waals surface area (Å²) < 4.78 is 20.7. The lowest BCUT2D eigenvalue weighted by Gasteiger charge is -2.32. The van der Waals surface area contributed by atoms with Gasteiger partial charge in [-0.15, -0.1) is 0 Å². The van der Waals surface area contributed by atoms with Gasteiger partial charge in [-0.25, -0.2) is 14.4 Å². The number of ether oxygens (including phenoxy) is 1. The van der Waals surface area contributed by atoms with E-state index in [1.54, 1.807) is 12.1 Å². The molecular formula is C29H33FN6O. The predicted octanol–water partition coefficient (Wildman–Crippen LogP) is 5.24. The van der Waals surface area contributed by atoms with Gasteiger partial charge in [0.1, 0.15) is 23.7 Å². The summed E-state index contributed by atoms with van der Waals surface area (Å²) in [6.45, 7) is 6.15. The Morgan fingerprint density at radius 1 is 0.973 bits per heavy atom. The van der Waals surface area contributed by atoms with E-state index in [1.165, 1.54) is 12.4 Å². The second-order valence-corrected chi connectivity index (χ2v) is 9.37. The van der Waals surface area contributed by atoms with Crippen LogP contribution in [0.1, 0.15) is 6.42 Å². The molecule has 0 unspecified atom stereocenters. The summed E-state index contributed by atoms with van der Waals surface area (Å²) in [7, 11) is 4.05. The highest BCUT2D eigenvalue weighted by Gasteiger charge is 2.15. The molecule has 4 aromatic rings. The van der Waals surface area contributed by atoms with Crippen LogP contribution in [0.15, 0.2) is 67.0 Å². The molecule has 0 atom stereocenters. The van der Waals surface area contributed by atoms with Crippen LogP contribution in [0.2, 0.25) is 0 Å². The van der Waals surface area contributed by atoms with Crippen LogP contribution in [0, 0.1) is 5.82 Å². The molecule has 1 aliphatic rings. The van der Waals surface area contributed by atoms with Crippen LogP contribution >= 0.6 is 0 Å². The standard InChI is InChI=1S/C29H33FN6O/c1-31-27-18-24-26(19-28(27)37-16-6-11-36-14-12-35(2)13-15-36)32-20-33-29(24)34-22-9-10-25(30)23(17-22)21-7-4-3-5-8-21/h3-5,7-10,17-20,31H,6,11-16H2,1-2H3,(H,32,33,34). The fraction of sp³-hybridized carbons (Fsp3) is 0.310. The molecule has 2 heterocycles. The number of rotatable bonds is 9. The van der Waals surface area contributed by atoms with Crippen molar-refractivity contribution < 1.29 is 9.13 Å². The van der Waals surface area contributed by atoms with E-state index >= 15 is 0 Å². The zero-order chi connectivity index (χ0) is 25.6. The first-order valence-electron chi connectivity index (χ1n) is 12.7. The highest BCUT2D eigenvalue weighted by Crippen LogP contribution is 2.34. The molecule has 0 spiro atoms. The summed E-state index contributed by atoms with van der Waals surface area (Å²) in [4.78, 5) is 13.8. The van der Waals surface area contributed by atoms with Crippen molar-refractivity contribution in [2.24, 2.45) is 0 Å². The van der Waals surface area contributed by atoms with E-state index in [1.807, 2.05) is 49.5 Å². The summed E-state index contributed by atoms with van der Waals surface area (Å²) in [5.41, 5.74) is 3.75. The molecule has 192 valence electrons. The molecule has 2 N–H and O–H groups in total. The van der Waals surface area contributed by atoms with Gasteiger partial charge in [-0.3, -0.25) is 0 Å². The molecule has 37 heavy (non-hydrogen) atoms. The van der Waals surface area contributed by atoms with Gasteiger partial charge in [0.05, 0.1) is 17.8 Å². The van der Waals surface area contributed by atoms with Crippen molar-refractivity contribution in [1.29, 1.82) is 0 Å². The van der Waals surface area contributed by atoms with E-state index in [4.69, 9.17) is 4.74 Å². The predicted molar refractivity (Wildman–Crippen MR) is 148 cm³/mol. The molecule has 0 bridgehead atoms. The van der Waals surface area contributed by atoms with Crippen LogP contribution in [0.5, 0.6) is 5.75 Å². The Morgan fingerprint density at radius 3 is 2.57 bits per heavy atom. The number of benzene rings is 3. The average Bonchev–Trinajstić information content (AvgIpc) is 2.93. The van der Waals surface area contributed by atoms with E-state index in [0.29, 0.717) is 18.0 Å². The average molecular weight is 501 g/mol. The van der Waals surface area contributed by atoms with Gasteiger partial charge in [0, 0.05) is 62.5 Å². The number of nitrogens with zero attached hydrogens (tertiary/aromatic N) is 4. The molecule has 1 fully saturated rings. The first-order valence-corrected chi connectivity index (χ1v) is 12.7. The minimum atomic E-state index is -0.267. The zero-order valence-corrected chi connectivity index (χ0v) is 21.4. The number of likely N-dealkylation sites (N-methyl/N-ethyl adjacent to an activating group) is 1. The Labute approximate surface area is 217 Å². The van der Waals surface area contributed by atoms with Crippen LogP contribution in [-0.2, 0) is 0 Å². The fourth-order valence-electron chi connectivity index (χ4n) is 4.62. The third-order valence-electron chi connectivity index (χ3n) is 6.79. The fourth-order valence-corrected chi connectivity index (χ4v) is 4.62. The quantitative estimate of drug-likeness (QED) is 0.305. The molecule has 5 rings (SSSR count). The first-order chi connectivity index (χ1) is 18.1. The maximum atomic E-state index is 14.6. The van der Waals surface area contributed by atoms with Crippen LogP contribution in [0.25, 0.3) is 22.0 Å². The Morgan fingerprint density at radius 2 is 1.78 bits per heavy atom. The molecule has 1 saturated heterocycles. The number of aromatic nitrogens is 2. The topological polar surface area (TPSA) is 65.6 Å². The third-order valence-corrected chi connectivity index (χ3v) is 6.79. The lowest BCUT2D eigenvalue weighted by molar-refractivity contribution is 0.145. The highest BCUT2D eigenvalue weighted by molar-refractivity contribution is 5.95. The summed E-state index contributed by atoms with van der Waals surface area (Å²) in [5.74, 6) is 1.15. The van der Waals surface area contributed by atoms with Crippen molar-refractivity contribution in [2.45, 2.75) is 6.42 Å². The maximum Gasteiger partial charge on any atom is 0.144 e. The maximum absolute atomic E-state index is 14.6. The summed E-state index contributed by atoms with van der Waals surface area (Å²) >= 11 is 0. The Hall–Kier alpha value is -3.75. The second-order valence-electron chi connectivity index (χ2n) is 9.37. The molecule has 0 radical (unpaired) electrons. The Bertz CT molecular complexity index is 1340. The molecule has 1 aromatic heterocycles. The lowest BCUT2D eigenvalue weighted by Crippen LogP contribution is -2.44. The largest absolute Gasteiger partial charge is 0.491 e. The molecule has 8 heteroatoms. The summed E-state index contributed by atoms with van der Waals surface area (Å²) in [6.07, 6.45) is 2.50. The minimum Gasteiger partial charge on any atom is -0.491 e. The molecule has 3 aromatic carbocycles. The van der Waals surface area contributed by atoms with Crippen LogP contribution in [0.4, 0.5) is 21.6 Å². The van der Waals surface area contributed by atoms with Gasteiger partial charge in [-0.05, 0) is 43.3 Å². The van der Waals surface area contributed by atoms with Crippen LogP contribution in [-0.4, -0.2) is 73.2 Å². The number of halogens is 1. The van der Waals surface area contributed by atoms with Crippen molar-refractivity contribution in [1.82, 2.24) is 19.8 Å². The van der Waals surface area contributed by atoms with Gasteiger partial charge in [0.2, 0.25) is 0 Å². The van der Waals surface area contributed by atoms with Gasteiger partial charge in [-0.1, -0.05) is 30.3 Å². The number of hydrogen-bond donors (Lipinski definition) is 2. The monoisotopic (exact) mass is 500 g/mol. The van der Waals surface area contributed by atoms with Crippen molar-refractivity contribution >= 4 is 28.1 Å². The van der Waals surface area contributed by atoms with Gasteiger partial charge in [0.25, 0.3) is 0 Å². The molecule has 1 aliphatic heterocycles. The SMILES string of the molecule is CNc1cc2c(Nc3ccc(F)c(-c4ccccc4)c3)ncnc2cc1OCCCN1CCN(C)CC1. The summed E-state index contributed by atoms with van der Waals surface area (Å²) in [5, 5.41) is 7.44. The second kappa shape index (κ2) is 11.5. The minimum absolute atomic E-state index is 0.267. The molecule has 7 nitrogen and oxygen atoms in total. The number of fused-ring (bicyclic) bond motifs is 1. The smallest absolute Gasteiger partial charge is 0.144 e. The molecule has 0 amide bonds. The van der Waals surface area contributed by atoms with E-state index < -0.39 is 0 Å². The van der Waals surface area contributed by atoms with Gasteiger partial charge in [-0.2, -0.15) is 0 Å². The highest BCUT2D eigenvalue weighted by atomic mass is 19.1. The number of anilines is 3. The summed E-state index contributed by atoms with van der Waals surface area (Å²) in [6, 6.07) is 18.4. The van der Waals surface area contributed by atoms with Crippen LogP contribution in [0.3, 0.4) is 0 Å². The van der Waals surface area contributed by atoms with Crippen molar-refractivity contribution in [3.8, 4) is 16.9 Å². The van der Waals surface area contributed by atoms with Gasteiger partial charge in [0.15, 0.2) is 0 Å². The lowest BCUT2D eigenvalue weighted by atomic mass is 10.0. The normalized spacial score (nSPS) is 14.6. The Kier molecular flexibility index (Phi) is 7.77. The number of piperazine rings is 1. The number of hydrogen-bond acceptors (Lipinski definition) is 7. The van der Waals surface area contributed by atoms with Crippen LogP contribution < -0.4 is 15.4 Å². The number of nitrogens with one attached hydrogen (secondary N) is 2. The first kappa shape index (κ1) is 24.9. The third kappa shape index (κ3) is 5.98. The molecule has 0 saturated carbocycles. The van der Waals surface area contributed by atoms with E-state index in [2.05, 4.69) is 37.4 Å². The van der Waals surface area contributed by atoms with Crippen molar-refractivity contribution in [2.75, 3.05) is 64.1 Å². The molecule has 0 aliphatic carbocycles. The Balaban J connectivity index is 1.31. The van der Waals surface area contributed by atoms with E-state index in [-0.39, 0.29) is 5.82 Å². The van der Waals surface area contributed by atoms with Gasteiger partial charge >= 0.3 is 0 Å². The van der Waals surface area contributed by atoms with E-state index in [0.717, 1.165) is 72.7 Å². The van der Waals surface area contributed by atoms with E-state index in [9.17, 15) is 4.39 Å².